The van der Waals surface area contributed by atoms with Crippen molar-refractivity contribution >= 4 is 11.8 Å². The summed E-state index contributed by atoms with van der Waals surface area (Å²) in [5, 5.41) is 5.41. The topological polar surface area (TPSA) is 89.8 Å². The molecule has 7 nitrogen and oxygen atoms in total. The van der Waals surface area contributed by atoms with Crippen molar-refractivity contribution in [1.29, 1.82) is 0 Å². The lowest BCUT2D eigenvalue weighted by molar-refractivity contribution is -0.128. The minimum Gasteiger partial charge on any atom is -0.497 e. The van der Waals surface area contributed by atoms with Crippen LogP contribution in [-0.4, -0.2) is 32.1 Å². The van der Waals surface area contributed by atoms with E-state index >= 15 is 0 Å². The Morgan fingerprint density at radius 3 is 2.65 bits per heavy atom. The number of nitrogens with one attached hydrogen (secondary N) is 2. The molecule has 2 N–H and O–H groups in total. The Labute approximate surface area is 152 Å². The molecule has 0 aliphatic carbocycles. The molecule has 0 saturated heterocycles. The number of carbonyl (C=O) groups excluding carboxylic acids is 2. The van der Waals surface area contributed by atoms with Crippen LogP contribution >= 0.6 is 0 Å². The normalized spacial score (nSPS) is 11.5. The average Bonchev–Trinajstić information content (AvgIpc) is 3.17. The van der Waals surface area contributed by atoms with Gasteiger partial charge in [-0.15, -0.1) is 0 Å². The van der Waals surface area contributed by atoms with E-state index in [9.17, 15) is 9.59 Å². The van der Waals surface area contributed by atoms with Gasteiger partial charge in [0.15, 0.2) is 0 Å². The molecule has 2 amide bonds. The average molecular weight is 360 g/mol. The number of benzene rings is 1. The standard InChI is InChI=1S/C19H24N2O5/c1-13(19(23)20-12-16-5-4-10-26-16)21-18(22)9-6-14-11-15(24-2)7-8-17(14)25-3/h4-5,7-8,10-11,13H,6,9,12H2,1-3H3,(H,20,23)(H,21,22). The highest BCUT2D eigenvalue weighted by atomic mass is 16.5. The van der Waals surface area contributed by atoms with Gasteiger partial charge in [0, 0.05) is 6.42 Å². The zero-order chi connectivity index (χ0) is 18.9. The number of carbonyl (C=O) groups is 2. The quantitative estimate of drug-likeness (QED) is 0.714. The van der Waals surface area contributed by atoms with Gasteiger partial charge in [0.1, 0.15) is 23.3 Å². The number of hydrogen-bond donors (Lipinski definition) is 2. The van der Waals surface area contributed by atoms with E-state index in [4.69, 9.17) is 13.9 Å². The Hall–Kier alpha value is -2.96. The van der Waals surface area contributed by atoms with E-state index in [1.54, 1.807) is 51.7 Å². The lowest BCUT2D eigenvalue weighted by atomic mass is 10.1. The van der Waals surface area contributed by atoms with Gasteiger partial charge < -0.3 is 24.5 Å². The summed E-state index contributed by atoms with van der Waals surface area (Å²) in [7, 11) is 3.16. The second kappa shape index (κ2) is 9.50. The van der Waals surface area contributed by atoms with E-state index < -0.39 is 6.04 Å². The van der Waals surface area contributed by atoms with Crippen molar-refractivity contribution in [2.24, 2.45) is 0 Å². The molecule has 0 aliphatic rings. The van der Waals surface area contributed by atoms with Gasteiger partial charge in [-0.25, -0.2) is 0 Å². The highest BCUT2D eigenvalue weighted by molar-refractivity contribution is 5.87. The summed E-state index contributed by atoms with van der Waals surface area (Å²) in [5.41, 5.74) is 0.872. The van der Waals surface area contributed by atoms with E-state index in [-0.39, 0.29) is 24.8 Å². The largest absolute Gasteiger partial charge is 0.497 e. The van der Waals surface area contributed by atoms with Crippen molar-refractivity contribution in [2.45, 2.75) is 32.4 Å². The van der Waals surface area contributed by atoms with Crippen LogP contribution in [0.2, 0.25) is 0 Å². The Morgan fingerprint density at radius 1 is 1.19 bits per heavy atom. The minimum atomic E-state index is -0.635. The molecule has 2 rings (SSSR count). The molecule has 1 aromatic heterocycles. The first-order valence-electron chi connectivity index (χ1n) is 8.34. The summed E-state index contributed by atoms with van der Waals surface area (Å²) < 4.78 is 15.7. The van der Waals surface area contributed by atoms with Gasteiger partial charge >= 0.3 is 0 Å². The van der Waals surface area contributed by atoms with E-state index in [0.29, 0.717) is 23.7 Å². The zero-order valence-electron chi connectivity index (χ0n) is 15.2. The summed E-state index contributed by atoms with van der Waals surface area (Å²) in [5.74, 6) is 1.57. The van der Waals surface area contributed by atoms with Crippen LogP contribution in [0.3, 0.4) is 0 Å². The fourth-order valence-corrected chi connectivity index (χ4v) is 2.45. The van der Waals surface area contributed by atoms with Crippen LogP contribution in [0.15, 0.2) is 41.0 Å². The monoisotopic (exact) mass is 360 g/mol. The van der Waals surface area contributed by atoms with Gasteiger partial charge in [0.05, 0.1) is 27.0 Å². The molecule has 1 atom stereocenters. The molecule has 0 fully saturated rings. The first kappa shape index (κ1) is 19.4. The predicted octanol–water partition coefficient (Wildman–Crippen LogP) is 2.05. The minimum absolute atomic E-state index is 0.212. The van der Waals surface area contributed by atoms with Crippen LogP contribution in [0.4, 0.5) is 0 Å². The number of aryl methyl sites for hydroxylation is 1. The molecule has 0 bridgehead atoms. The fraction of sp³-hybridized carbons (Fsp3) is 0.368. The molecule has 2 aromatic rings. The second-order valence-electron chi connectivity index (χ2n) is 5.76. The van der Waals surface area contributed by atoms with Crippen LogP contribution in [-0.2, 0) is 22.6 Å². The molecule has 140 valence electrons. The van der Waals surface area contributed by atoms with Crippen LogP contribution in [0.5, 0.6) is 11.5 Å². The van der Waals surface area contributed by atoms with Crippen LogP contribution < -0.4 is 20.1 Å². The summed E-state index contributed by atoms with van der Waals surface area (Å²) >= 11 is 0. The fourth-order valence-electron chi connectivity index (χ4n) is 2.45. The molecule has 0 radical (unpaired) electrons. The van der Waals surface area contributed by atoms with Crippen LogP contribution in [0, 0.1) is 0 Å². The van der Waals surface area contributed by atoms with Crippen molar-refractivity contribution < 1.29 is 23.5 Å². The summed E-state index contributed by atoms with van der Waals surface area (Å²) in [6.45, 7) is 1.93. The van der Waals surface area contributed by atoms with Crippen molar-refractivity contribution in [2.75, 3.05) is 14.2 Å². The van der Waals surface area contributed by atoms with Crippen molar-refractivity contribution in [1.82, 2.24) is 10.6 Å². The molecular weight excluding hydrogens is 336 g/mol. The molecule has 0 aliphatic heterocycles. The van der Waals surface area contributed by atoms with E-state index in [1.807, 2.05) is 6.07 Å². The number of furan rings is 1. The number of hydrogen-bond acceptors (Lipinski definition) is 5. The van der Waals surface area contributed by atoms with Crippen LogP contribution in [0.1, 0.15) is 24.7 Å². The third-order valence-electron chi connectivity index (χ3n) is 3.90. The number of methoxy groups -OCH3 is 2. The SMILES string of the molecule is COc1ccc(OC)c(CCC(=O)NC(C)C(=O)NCc2ccco2)c1. The Kier molecular flexibility index (Phi) is 7.08. The molecule has 0 spiro atoms. The summed E-state index contributed by atoms with van der Waals surface area (Å²) in [6.07, 6.45) is 2.26. The Balaban J connectivity index is 1.81. The van der Waals surface area contributed by atoms with Gasteiger partial charge in [-0.2, -0.15) is 0 Å². The van der Waals surface area contributed by atoms with Gasteiger partial charge in [0.25, 0.3) is 0 Å². The first-order chi connectivity index (χ1) is 12.5. The van der Waals surface area contributed by atoms with Gasteiger partial charge in [-0.1, -0.05) is 0 Å². The summed E-state index contributed by atoms with van der Waals surface area (Å²) in [6, 6.07) is 8.32. The smallest absolute Gasteiger partial charge is 0.242 e. The van der Waals surface area contributed by atoms with E-state index in [1.165, 1.54) is 0 Å². The van der Waals surface area contributed by atoms with Crippen molar-refractivity contribution in [3.8, 4) is 11.5 Å². The molecule has 7 heteroatoms. The first-order valence-corrected chi connectivity index (χ1v) is 8.34. The molecule has 1 unspecified atom stereocenters. The number of rotatable bonds is 9. The Morgan fingerprint density at radius 2 is 2.00 bits per heavy atom. The van der Waals surface area contributed by atoms with Crippen LogP contribution in [0.25, 0.3) is 0 Å². The second-order valence-corrected chi connectivity index (χ2v) is 5.76. The molecule has 1 heterocycles. The highest BCUT2D eigenvalue weighted by Gasteiger charge is 2.16. The van der Waals surface area contributed by atoms with Gasteiger partial charge in [0.2, 0.25) is 11.8 Å². The zero-order valence-corrected chi connectivity index (χ0v) is 15.2. The number of amides is 2. The van der Waals surface area contributed by atoms with Gasteiger partial charge in [-0.05, 0) is 49.2 Å². The number of ether oxygens (including phenoxy) is 2. The Bertz CT molecular complexity index is 728. The third kappa shape index (κ3) is 5.54. The predicted molar refractivity (Wildman–Crippen MR) is 96.0 cm³/mol. The maximum atomic E-state index is 12.1. The lowest BCUT2D eigenvalue weighted by Crippen LogP contribution is -2.44. The maximum Gasteiger partial charge on any atom is 0.242 e. The lowest BCUT2D eigenvalue weighted by Gasteiger charge is -2.14. The van der Waals surface area contributed by atoms with Crippen molar-refractivity contribution in [3.05, 3.63) is 47.9 Å². The maximum absolute atomic E-state index is 12.1. The third-order valence-corrected chi connectivity index (χ3v) is 3.90. The molecule has 1 aromatic carbocycles. The molecule has 0 saturated carbocycles. The highest BCUT2D eigenvalue weighted by Crippen LogP contribution is 2.25. The van der Waals surface area contributed by atoms with Crippen molar-refractivity contribution in [3.63, 3.8) is 0 Å². The molecule has 26 heavy (non-hydrogen) atoms. The van der Waals surface area contributed by atoms with Gasteiger partial charge in [-0.3, -0.25) is 9.59 Å². The van der Waals surface area contributed by atoms with E-state index in [2.05, 4.69) is 10.6 Å². The molecular formula is C19H24N2O5. The van der Waals surface area contributed by atoms with E-state index in [0.717, 1.165) is 5.56 Å². The summed E-state index contributed by atoms with van der Waals surface area (Å²) in [4.78, 5) is 24.2.